The molecule has 0 aliphatic rings. The predicted molar refractivity (Wildman–Crippen MR) is 98.6 cm³/mol. The van der Waals surface area contributed by atoms with Gasteiger partial charge in [0.15, 0.2) is 0 Å². The molecule has 0 saturated heterocycles. The van der Waals surface area contributed by atoms with Crippen LogP contribution in [0.15, 0.2) is 45.6 Å². The molecule has 0 aliphatic heterocycles. The molecule has 0 unspecified atom stereocenters. The maximum absolute atomic E-state index is 13.7. The van der Waals surface area contributed by atoms with Gasteiger partial charge >= 0.3 is 11.6 Å². The maximum atomic E-state index is 13.7. The third kappa shape index (κ3) is 3.84. The summed E-state index contributed by atoms with van der Waals surface area (Å²) in [5.74, 6) is -0.824. The quantitative estimate of drug-likeness (QED) is 0.660. The van der Waals surface area contributed by atoms with E-state index in [0.29, 0.717) is 33.6 Å². The van der Waals surface area contributed by atoms with Crippen molar-refractivity contribution >= 4 is 16.9 Å². The van der Waals surface area contributed by atoms with Crippen LogP contribution in [-0.4, -0.2) is 11.1 Å². The van der Waals surface area contributed by atoms with E-state index in [0.717, 1.165) is 5.39 Å². The van der Waals surface area contributed by atoms with Gasteiger partial charge in [-0.1, -0.05) is 18.2 Å². The second kappa shape index (κ2) is 7.61. The predicted octanol–water partition coefficient (Wildman–Crippen LogP) is 4.15. The Kier molecular flexibility index (Phi) is 5.26. The van der Waals surface area contributed by atoms with E-state index in [-0.39, 0.29) is 25.3 Å². The van der Waals surface area contributed by atoms with E-state index in [9.17, 15) is 14.0 Å². The summed E-state index contributed by atoms with van der Waals surface area (Å²) in [7, 11) is 0. The average Bonchev–Trinajstić information content (AvgIpc) is 2.62. The average molecular weight is 370 g/mol. The summed E-state index contributed by atoms with van der Waals surface area (Å²) in [5.41, 5.74) is 1.97. The lowest BCUT2D eigenvalue weighted by Crippen LogP contribution is -2.12. The van der Waals surface area contributed by atoms with E-state index in [1.807, 2.05) is 0 Å². The number of halogens is 1. The van der Waals surface area contributed by atoms with Gasteiger partial charge in [-0.15, -0.1) is 0 Å². The molecule has 0 amide bonds. The molecule has 0 aliphatic carbocycles. The van der Waals surface area contributed by atoms with Crippen LogP contribution in [0, 0.1) is 19.7 Å². The minimum absolute atomic E-state index is 0.0545. The van der Waals surface area contributed by atoms with Crippen LogP contribution in [0.25, 0.3) is 11.0 Å². The van der Waals surface area contributed by atoms with Crippen LogP contribution >= 0.6 is 0 Å². The van der Waals surface area contributed by atoms with Crippen LogP contribution in [0.3, 0.4) is 0 Å². The molecule has 5 nitrogen and oxygen atoms in total. The number of ether oxygens (including phenoxy) is 1. The zero-order chi connectivity index (χ0) is 19.6. The highest BCUT2D eigenvalue weighted by molar-refractivity contribution is 5.85. The van der Waals surface area contributed by atoms with Crippen molar-refractivity contribution in [3.63, 3.8) is 0 Å². The van der Waals surface area contributed by atoms with Crippen molar-refractivity contribution in [2.75, 3.05) is 0 Å². The monoisotopic (exact) mass is 370 g/mol. The smallest absolute Gasteiger partial charge is 0.339 e. The summed E-state index contributed by atoms with van der Waals surface area (Å²) >= 11 is 0. The summed E-state index contributed by atoms with van der Waals surface area (Å²) in [6.07, 6.45) is -0.0239. The van der Waals surface area contributed by atoms with Crippen LogP contribution < -0.4 is 10.4 Å². The lowest BCUT2D eigenvalue weighted by atomic mass is 10.0. The van der Waals surface area contributed by atoms with E-state index in [1.54, 1.807) is 44.2 Å². The lowest BCUT2D eigenvalue weighted by molar-refractivity contribution is -0.136. The Balaban J connectivity index is 1.95. The molecular weight excluding hydrogens is 351 g/mol. The second-order valence-electron chi connectivity index (χ2n) is 6.33. The first kappa shape index (κ1) is 18.6. The van der Waals surface area contributed by atoms with E-state index in [1.165, 1.54) is 6.07 Å². The number of fused-ring (bicyclic) bond motifs is 1. The van der Waals surface area contributed by atoms with Gasteiger partial charge in [0.25, 0.3) is 0 Å². The molecule has 0 fully saturated rings. The van der Waals surface area contributed by atoms with Gasteiger partial charge in [0.05, 0.1) is 0 Å². The Hall–Kier alpha value is -3.15. The summed E-state index contributed by atoms with van der Waals surface area (Å²) in [6.45, 7) is 3.59. The van der Waals surface area contributed by atoms with E-state index in [4.69, 9.17) is 14.3 Å². The third-order valence-electron chi connectivity index (χ3n) is 4.58. The summed E-state index contributed by atoms with van der Waals surface area (Å²) in [5, 5.41) is 9.57. The standard InChI is InChI=1S/C21H19FO5/c1-12-15-7-9-18(26-11-14-5-3-4-6-17(14)22)13(2)20(15)27-21(25)16(12)8-10-19(23)24/h3-7,9H,8,10-11H2,1-2H3,(H,23,24). The molecule has 1 heterocycles. The molecule has 140 valence electrons. The fourth-order valence-corrected chi connectivity index (χ4v) is 3.02. The molecule has 1 aromatic heterocycles. The van der Waals surface area contributed by atoms with Crippen LogP contribution in [0.5, 0.6) is 5.75 Å². The number of rotatable bonds is 6. The van der Waals surface area contributed by atoms with Crippen molar-refractivity contribution in [2.45, 2.75) is 33.3 Å². The van der Waals surface area contributed by atoms with Crippen molar-refractivity contribution in [2.24, 2.45) is 0 Å². The van der Waals surface area contributed by atoms with E-state index >= 15 is 0 Å². The van der Waals surface area contributed by atoms with Crippen molar-refractivity contribution in [3.05, 3.63) is 74.9 Å². The minimum Gasteiger partial charge on any atom is -0.488 e. The molecule has 1 N–H and O–H groups in total. The normalized spacial score (nSPS) is 10.9. The first-order valence-electron chi connectivity index (χ1n) is 8.52. The van der Waals surface area contributed by atoms with Gasteiger partial charge in [0.2, 0.25) is 0 Å². The Morgan fingerprint density at radius 3 is 2.59 bits per heavy atom. The minimum atomic E-state index is -0.970. The van der Waals surface area contributed by atoms with Crippen LogP contribution in [0.2, 0.25) is 0 Å². The second-order valence-corrected chi connectivity index (χ2v) is 6.33. The zero-order valence-electron chi connectivity index (χ0n) is 15.0. The Morgan fingerprint density at radius 2 is 1.89 bits per heavy atom. The molecule has 3 aromatic rings. The Morgan fingerprint density at radius 1 is 1.15 bits per heavy atom. The third-order valence-corrected chi connectivity index (χ3v) is 4.58. The summed E-state index contributed by atoms with van der Waals surface area (Å²) in [4.78, 5) is 23.1. The number of carboxylic acid groups (broad SMARTS) is 1. The molecule has 0 radical (unpaired) electrons. The maximum Gasteiger partial charge on any atom is 0.339 e. The lowest BCUT2D eigenvalue weighted by Gasteiger charge is -2.13. The zero-order valence-corrected chi connectivity index (χ0v) is 15.0. The van der Waals surface area contributed by atoms with Crippen LogP contribution in [0.1, 0.15) is 28.7 Å². The number of carboxylic acids is 1. The molecule has 27 heavy (non-hydrogen) atoms. The first-order chi connectivity index (χ1) is 12.9. The number of carbonyl (C=O) groups is 1. The largest absolute Gasteiger partial charge is 0.488 e. The van der Waals surface area contributed by atoms with Crippen LogP contribution in [-0.2, 0) is 17.8 Å². The van der Waals surface area contributed by atoms with Crippen molar-refractivity contribution in [3.8, 4) is 5.75 Å². The number of aliphatic carboxylic acids is 1. The highest BCUT2D eigenvalue weighted by Crippen LogP contribution is 2.30. The van der Waals surface area contributed by atoms with Crippen LogP contribution in [0.4, 0.5) is 4.39 Å². The number of hydrogen-bond acceptors (Lipinski definition) is 4. The first-order valence-corrected chi connectivity index (χ1v) is 8.52. The number of hydrogen-bond donors (Lipinski definition) is 1. The molecule has 0 bridgehead atoms. The Labute approximate surface area is 155 Å². The Bertz CT molecular complexity index is 1070. The van der Waals surface area contributed by atoms with Crippen molar-refractivity contribution in [1.29, 1.82) is 0 Å². The fraction of sp³-hybridized carbons (Fsp3) is 0.238. The fourth-order valence-electron chi connectivity index (χ4n) is 3.02. The van der Waals surface area contributed by atoms with Crippen molar-refractivity contribution in [1.82, 2.24) is 0 Å². The van der Waals surface area contributed by atoms with Crippen molar-refractivity contribution < 1.29 is 23.4 Å². The molecule has 3 rings (SSSR count). The van der Waals surface area contributed by atoms with Gasteiger partial charge < -0.3 is 14.3 Å². The van der Waals surface area contributed by atoms with E-state index in [2.05, 4.69) is 0 Å². The number of benzene rings is 2. The summed E-state index contributed by atoms with van der Waals surface area (Å²) < 4.78 is 24.9. The van der Waals surface area contributed by atoms with Gasteiger partial charge in [0, 0.05) is 28.5 Å². The van der Waals surface area contributed by atoms with Gasteiger partial charge in [-0.2, -0.15) is 0 Å². The molecule has 0 saturated carbocycles. The molecule has 6 heteroatoms. The SMILES string of the molecule is Cc1c(CCC(=O)O)c(=O)oc2c(C)c(OCc3ccccc3F)ccc12. The van der Waals surface area contributed by atoms with E-state index < -0.39 is 11.6 Å². The van der Waals surface area contributed by atoms with Gasteiger partial charge in [0.1, 0.15) is 23.8 Å². The molecule has 2 aromatic carbocycles. The molecule has 0 atom stereocenters. The topological polar surface area (TPSA) is 76.7 Å². The highest BCUT2D eigenvalue weighted by atomic mass is 19.1. The molecule has 0 spiro atoms. The van der Waals surface area contributed by atoms with Gasteiger partial charge in [-0.25, -0.2) is 9.18 Å². The molecular formula is C21H19FO5. The van der Waals surface area contributed by atoms with Gasteiger partial charge in [-0.3, -0.25) is 4.79 Å². The van der Waals surface area contributed by atoms with Gasteiger partial charge in [-0.05, 0) is 44.0 Å². The highest BCUT2D eigenvalue weighted by Gasteiger charge is 2.16. The summed E-state index contributed by atoms with van der Waals surface area (Å²) in [6, 6.07) is 9.86. The number of aryl methyl sites for hydroxylation is 2.